The third-order valence-corrected chi connectivity index (χ3v) is 10.1. The lowest BCUT2D eigenvalue weighted by Crippen LogP contribution is -2.15. The third-order valence-electron chi connectivity index (χ3n) is 10.1. The molecule has 240 valence electrons. The summed E-state index contributed by atoms with van der Waals surface area (Å²) in [6.07, 6.45) is 0. The van der Waals surface area contributed by atoms with E-state index >= 15 is 0 Å². The number of hydrogen-bond acceptors (Lipinski definition) is 4. The Bertz CT molecular complexity index is 2600. The molecule has 0 bridgehead atoms. The van der Waals surface area contributed by atoms with Gasteiger partial charge >= 0.3 is 0 Å². The number of rotatable bonds is 5. The summed E-state index contributed by atoms with van der Waals surface area (Å²) in [5, 5.41) is 12.0. The zero-order chi connectivity index (χ0) is 34.5. The Balaban J connectivity index is 1.35. The van der Waals surface area contributed by atoms with Crippen LogP contribution in [0.3, 0.4) is 0 Å². The van der Waals surface area contributed by atoms with Crippen LogP contribution in [0.15, 0.2) is 158 Å². The minimum atomic E-state index is -0.182. The lowest BCUT2D eigenvalue weighted by molar-refractivity contribution is 0.666. The molecule has 0 unspecified atom stereocenters. The molecule has 4 heteroatoms. The monoisotopic (exact) mass is 652 g/mol. The molecular formula is C47H32N4. The van der Waals surface area contributed by atoms with Crippen LogP contribution in [0.5, 0.6) is 0 Å². The fourth-order valence-corrected chi connectivity index (χ4v) is 7.64. The topological polar surface area (TPSA) is 62.5 Å². The zero-order valence-corrected chi connectivity index (χ0v) is 28.3. The van der Waals surface area contributed by atoms with Crippen molar-refractivity contribution in [1.82, 2.24) is 15.0 Å². The second-order valence-electron chi connectivity index (χ2n) is 13.6. The molecule has 0 atom stereocenters. The van der Waals surface area contributed by atoms with Gasteiger partial charge in [-0.15, -0.1) is 0 Å². The van der Waals surface area contributed by atoms with Gasteiger partial charge in [0.25, 0.3) is 0 Å². The molecule has 7 aromatic carbocycles. The second-order valence-corrected chi connectivity index (χ2v) is 13.6. The summed E-state index contributed by atoms with van der Waals surface area (Å²) in [6, 6.07) is 56.7. The fraction of sp³-hybridized carbons (Fsp3) is 0.0638. The average molecular weight is 653 g/mol. The van der Waals surface area contributed by atoms with E-state index in [1.54, 1.807) is 0 Å². The molecule has 4 nitrogen and oxygen atoms in total. The van der Waals surface area contributed by atoms with Gasteiger partial charge in [-0.1, -0.05) is 135 Å². The molecule has 0 radical (unpaired) electrons. The molecule has 51 heavy (non-hydrogen) atoms. The quantitative estimate of drug-likeness (QED) is 0.186. The first kappa shape index (κ1) is 30.4. The van der Waals surface area contributed by atoms with Gasteiger partial charge in [-0.25, -0.2) is 15.0 Å². The third kappa shape index (κ3) is 5.19. The first-order valence-corrected chi connectivity index (χ1v) is 17.2. The number of nitriles is 1. The standard InChI is InChI=1S/C47H32N4/c1-47(2)41-20-12-11-19-39(41)42-40(28-34-17-9-10-18-38(34)43(42)47)36-25-35(31-23-21-30(29-48)22-24-31)26-37(27-36)46-50-44(32-13-5-3-6-14-32)49-45(51-46)33-15-7-4-8-16-33/h3-28H,1-2H3. The van der Waals surface area contributed by atoms with Crippen LogP contribution in [0.2, 0.25) is 0 Å². The minimum absolute atomic E-state index is 0.182. The molecule has 0 saturated carbocycles. The van der Waals surface area contributed by atoms with E-state index < -0.39 is 0 Å². The van der Waals surface area contributed by atoms with E-state index in [4.69, 9.17) is 15.0 Å². The number of benzene rings is 7. The molecular weight excluding hydrogens is 621 g/mol. The van der Waals surface area contributed by atoms with Crippen LogP contribution in [0.25, 0.3) is 78.3 Å². The largest absolute Gasteiger partial charge is 0.208 e. The normalized spacial score (nSPS) is 12.6. The molecule has 0 fully saturated rings. The van der Waals surface area contributed by atoms with Gasteiger partial charge in [-0.3, -0.25) is 0 Å². The Morgan fingerprint density at radius 3 is 1.69 bits per heavy atom. The second kappa shape index (κ2) is 12.0. The van der Waals surface area contributed by atoms with Crippen molar-refractivity contribution in [3.8, 4) is 73.6 Å². The van der Waals surface area contributed by atoms with Crippen molar-refractivity contribution in [2.75, 3.05) is 0 Å². The van der Waals surface area contributed by atoms with Crippen LogP contribution in [-0.2, 0) is 5.41 Å². The highest BCUT2D eigenvalue weighted by Gasteiger charge is 2.38. The van der Waals surface area contributed by atoms with E-state index in [1.807, 2.05) is 84.9 Å². The molecule has 1 aliphatic rings. The van der Waals surface area contributed by atoms with E-state index in [2.05, 4.69) is 92.7 Å². The van der Waals surface area contributed by atoms with Gasteiger partial charge in [0, 0.05) is 22.1 Å². The van der Waals surface area contributed by atoms with Gasteiger partial charge < -0.3 is 0 Å². The summed E-state index contributed by atoms with van der Waals surface area (Å²) < 4.78 is 0. The lowest BCUT2D eigenvalue weighted by atomic mass is 9.79. The molecule has 1 aromatic heterocycles. The summed E-state index contributed by atoms with van der Waals surface area (Å²) >= 11 is 0. The van der Waals surface area contributed by atoms with Crippen LogP contribution in [0, 0.1) is 11.3 Å². The van der Waals surface area contributed by atoms with E-state index in [0.29, 0.717) is 23.0 Å². The van der Waals surface area contributed by atoms with Gasteiger partial charge in [-0.2, -0.15) is 5.26 Å². The maximum Gasteiger partial charge on any atom is 0.164 e. The highest BCUT2D eigenvalue weighted by atomic mass is 15.0. The van der Waals surface area contributed by atoms with Crippen molar-refractivity contribution in [1.29, 1.82) is 5.26 Å². The Morgan fingerprint density at radius 1 is 0.471 bits per heavy atom. The van der Waals surface area contributed by atoms with Crippen molar-refractivity contribution >= 4 is 10.8 Å². The smallest absolute Gasteiger partial charge is 0.164 e. The minimum Gasteiger partial charge on any atom is -0.208 e. The van der Waals surface area contributed by atoms with Crippen LogP contribution in [0.4, 0.5) is 0 Å². The summed E-state index contributed by atoms with van der Waals surface area (Å²) in [4.78, 5) is 15.2. The number of hydrogen-bond donors (Lipinski definition) is 0. The van der Waals surface area contributed by atoms with Crippen molar-refractivity contribution < 1.29 is 0 Å². The number of fused-ring (bicyclic) bond motifs is 5. The number of nitrogens with zero attached hydrogens (tertiary/aromatic N) is 4. The van der Waals surface area contributed by atoms with Gasteiger partial charge in [0.15, 0.2) is 17.5 Å². The number of aromatic nitrogens is 3. The molecule has 0 saturated heterocycles. The predicted molar refractivity (Wildman–Crippen MR) is 207 cm³/mol. The van der Waals surface area contributed by atoms with Gasteiger partial charge in [0.2, 0.25) is 0 Å². The summed E-state index contributed by atoms with van der Waals surface area (Å²) in [6.45, 7) is 4.68. The molecule has 8 aromatic rings. The summed E-state index contributed by atoms with van der Waals surface area (Å²) in [7, 11) is 0. The Kier molecular flexibility index (Phi) is 7.15. The molecule has 9 rings (SSSR count). The SMILES string of the molecule is CC1(C)c2ccccc2-c2c(-c3cc(-c4ccc(C#N)cc4)cc(-c4nc(-c5ccccc5)nc(-c5ccccc5)n4)c3)cc3ccccc3c21. The lowest BCUT2D eigenvalue weighted by Gasteiger charge is -2.24. The van der Waals surface area contributed by atoms with Crippen molar-refractivity contribution in [3.05, 3.63) is 174 Å². The van der Waals surface area contributed by atoms with Crippen LogP contribution in [0.1, 0.15) is 30.5 Å². The Labute approximate surface area is 297 Å². The molecule has 0 N–H and O–H groups in total. The van der Waals surface area contributed by atoms with Gasteiger partial charge in [-0.05, 0) is 91.7 Å². The van der Waals surface area contributed by atoms with Gasteiger partial charge in [0.05, 0.1) is 11.6 Å². The first-order chi connectivity index (χ1) is 25.0. The maximum absolute atomic E-state index is 9.55. The van der Waals surface area contributed by atoms with Crippen LogP contribution in [-0.4, -0.2) is 15.0 Å². The highest BCUT2D eigenvalue weighted by Crippen LogP contribution is 2.55. The van der Waals surface area contributed by atoms with E-state index in [1.165, 1.54) is 38.6 Å². The predicted octanol–water partition coefficient (Wildman–Crippen LogP) is 11.5. The zero-order valence-electron chi connectivity index (χ0n) is 28.3. The highest BCUT2D eigenvalue weighted by molar-refractivity contribution is 6.05. The summed E-state index contributed by atoms with van der Waals surface area (Å²) in [5.74, 6) is 1.83. The van der Waals surface area contributed by atoms with E-state index in [9.17, 15) is 5.26 Å². The van der Waals surface area contributed by atoms with E-state index in [0.717, 1.165) is 33.4 Å². The van der Waals surface area contributed by atoms with Crippen LogP contribution < -0.4 is 0 Å². The Morgan fingerprint density at radius 2 is 1.02 bits per heavy atom. The molecule has 1 aliphatic carbocycles. The Hall–Kier alpha value is -6.70. The molecule has 1 heterocycles. The van der Waals surface area contributed by atoms with Crippen LogP contribution >= 0.6 is 0 Å². The van der Waals surface area contributed by atoms with Gasteiger partial charge in [0.1, 0.15) is 0 Å². The first-order valence-electron chi connectivity index (χ1n) is 17.2. The maximum atomic E-state index is 9.55. The summed E-state index contributed by atoms with van der Waals surface area (Å²) in [5.41, 5.74) is 12.7. The van der Waals surface area contributed by atoms with Crippen molar-refractivity contribution in [2.24, 2.45) is 0 Å². The molecule has 0 spiro atoms. The molecule has 0 amide bonds. The van der Waals surface area contributed by atoms with Crippen molar-refractivity contribution in [3.63, 3.8) is 0 Å². The molecule has 0 aliphatic heterocycles. The fourth-order valence-electron chi connectivity index (χ4n) is 7.64. The van der Waals surface area contributed by atoms with E-state index in [-0.39, 0.29) is 5.41 Å². The van der Waals surface area contributed by atoms with Crippen molar-refractivity contribution in [2.45, 2.75) is 19.3 Å². The average Bonchev–Trinajstić information content (AvgIpc) is 3.44.